The number of anilines is 1. The number of hydrogen-bond acceptors (Lipinski definition) is 5. The monoisotopic (exact) mass is 275 g/mol. The zero-order valence-corrected chi connectivity index (χ0v) is 11.6. The summed E-state index contributed by atoms with van der Waals surface area (Å²) >= 11 is 1.42. The number of aldehydes is 1. The van der Waals surface area contributed by atoms with Gasteiger partial charge in [-0.05, 0) is 18.9 Å². The number of thiophene rings is 1. The lowest BCUT2D eigenvalue weighted by molar-refractivity contribution is 0.112. The fraction of sp³-hybridized carbons (Fsp3) is 0.500. The van der Waals surface area contributed by atoms with Gasteiger partial charge in [-0.15, -0.1) is 11.3 Å². The molecule has 1 saturated carbocycles. The van der Waals surface area contributed by atoms with Crippen LogP contribution < -0.4 is 5.32 Å². The molecule has 0 amide bonds. The van der Waals surface area contributed by atoms with Crippen molar-refractivity contribution in [3.05, 3.63) is 17.3 Å². The maximum Gasteiger partial charge on any atom is 0.160 e. The Labute approximate surface area is 116 Å². The first-order chi connectivity index (χ1) is 9.36. The molecule has 1 aliphatic carbocycles. The Kier molecular flexibility index (Phi) is 3.73. The lowest BCUT2D eigenvalue weighted by Gasteiger charge is -2.17. The van der Waals surface area contributed by atoms with Crippen LogP contribution in [-0.4, -0.2) is 22.3 Å². The molecule has 0 bridgehead atoms. The summed E-state index contributed by atoms with van der Waals surface area (Å²) in [4.78, 5) is 21.0. The van der Waals surface area contributed by atoms with E-state index in [1.165, 1.54) is 49.9 Å². The number of nitrogens with one attached hydrogen (secondary N) is 1. The topological polar surface area (TPSA) is 54.9 Å². The van der Waals surface area contributed by atoms with Crippen molar-refractivity contribution >= 4 is 33.7 Å². The van der Waals surface area contributed by atoms with Crippen molar-refractivity contribution < 1.29 is 4.79 Å². The van der Waals surface area contributed by atoms with Crippen LogP contribution in [0.5, 0.6) is 0 Å². The first kappa shape index (κ1) is 12.5. The summed E-state index contributed by atoms with van der Waals surface area (Å²) < 4.78 is 0. The van der Waals surface area contributed by atoms with Gasteiger partial charge in [-0.3, -0.25) is 4.79 Å². The Hall–Kier alpha value is -1.49. The molecular weight excluding hydrogens is 258 g/mol. The van der Waals surface area contributed by atoms with E-state index in [1.807, 2.05) is 6.07 Å². The van der Waals surface area contributed by atoms with Crippen molar-refractivity contribution in [1.29, 1.82) is 0 Å². The third-order valence-electron chi connectivity index (χ3n) is 3.66. The van der Waals surface area contributed by atoms with E-state index in [4.69, 9.17) is 0 Å². The maximum absolute atomic E-state index is 10.9. The number of hydrogen-bond donors (Lipinski definition) is 1. The maximum atomic E-state index is 10.9. The average Bonchev–Trinajstić information content (AvgIpc) is 2.70. The van der Waals surface area contributed by atoms with Crippen LogP contribution in [0.1, 0.15) is 48.2 Å². The number of aromatic nitrogens is 2. The third-order valence-corrected chi connectivity index (χ3v) is 4.63. The van der Waals surface area contributed by atoms with Crippen LogP contribution in [0.15, 0.2) is 12.4 Å². The minimum Gasteiger partial charge on any atom is -0.367 e. The van der Waals surface area contributed by atoms with E-state index in [-0.39, 0.29) is 0 Å². The van der Waals surface area contributed by atoms with E-state index >= 15 is 0 Å². The molecule has 2 heterocycles. The molecule has 19 heavy (non-hydrogen) atoms. The van der Waals surface area contributed by atoms with E-state index in [2.05, 4.69) is 15.3 Å². The fourth-order valence-corrected chi connectivity index (χ4v) is 3.48. The summed E-state index contributed by atoms with van der Waals surface area (Å²) in [5.74, 6) is 0.876. The van der Waals surface area contributed by atoms with Crippen molar-refractivity contribution in [1.82, 2.24) is 9.97 Å². The van der Waals surface area contributed by atoms with E-state index < -0.39 is 0 Å². The predicted octanol–water partition coefficient (Wildman–Crippen LogP) is 3.64. The van der Waals surface area contributed by atoms with Gasteiger partial charge in [0.1, 0.15) is 17.0 Å². The normalized spacial score (nSPS) is 17.3. The molecule has 0 radical (unpaired) electrons. The van der Waals surface area contributed by atoms with Crippen molar-refractivity contribution in [3.63, 3.8) is 0 Å². The first-order valence-electron chi connectivity index (χ1n) is 6.83. The highest BCUT2D eigenvalue weighted by molar-refractivity contribution is 7.20. The van der Waals surface area contributed by atoms with Crippen molar-refractivity contribution in [2.75, 3.05) is 5.32 Å². The number of carbonyl (C=O) groups excluding carboxylic acids is 1. The van der Waals surface area contributed by atoms with Gasteiger partial charge in [-0.2, -0.15) is 0 Å². The Morgan fingerprint density at radius 3 is 2.74 bits per heavy atom. The van der Waals surface area contributed by atoms with Gasteiger partial charge in [0.25, 0.3) is 0 Å². The molecule has 100 valence electrons. The van der Waals surface area contributed by atoms with Gasteiger partial charge in [0.15, 0.2) is 6.29 Å². The van der Waals surface area contributed by atoms with Gasteiger partial charge in [0.2, 0.25) is 0 Å². The first-order valence-corrected chi connectivity index (χ1v) is 7.65. The molecule has 0 saturated heterocycles. The van der Waals surface area contributed by atoms with Crippen LogP contribution in [0.3, 0.4) is 0 Å². The summed E-state index contributed by atoms with van der Waals surface area (Å²) in [5.41, 5.74) is 0. The van der Waals surface area contributed by atoms with Gasteiger partial charge in [0, 0.05) is 6.04 Å². The second kappa shape index (κ2) is 5.65. The quantitative estimate of drug-likeness (QED) is 0.686. The molecule has 0 atom stereocenters. The number of nitrogens with zero attached hydrogens (tertiary/aromatic N) is 2. The molecule has 0 aliphatic heterocycles. The standard InChI is InChI=1S/C14H17N3OS/c18-8-11-7-12-13(15-9-16-14(12)19-11)17-10-5-3-1-2-4-6-10/h7-10H,1-6H2,(H,15,16,17). The molecule has 2 aromatic rings. The summed E-state index contributed by atoms with van der Waals surface area (Å²) in [6, 6.07) is 2.38. The molecule has 2 aromatic heterocycles. The smallest absolute Gasteiger partial charge is 0.160 e. The van der Waals surface area contributed by atoms with E-state index in [1.54, 1.807) is 6.33 Å². The Bertz CT molecular complexity index is 573. The van der Waals surface area contributed by atoms with E-state index in [0.717, 1.165) is 22.3 Å². The number of fused-ring (bicyclic) bond motifs is 1. The third kappa shape index (κ3) is 2.76. The molecule has 5 heteroatoms. The molecule has 4 nitrogen and oxygen atoms in total. The minimum absolute atomic E-state index is 0.500. The minimum atomic E-state index is 0.500. The van der Waals surface area contributed by atoms with Crippen LogP contribution in [0, 0.1) is 0 Å². The van der Waals surface area contributed by atoms with E-state index in [0.29, 0.717) is 10.9 Å². The Morgan fingerprint density at radius 1 is 1.21 bits per heavy atom. The van der Waals surface area contributed by atoms with Crippen molar-refractivity contribution in [2.45, 2.75) is 44.6 Å². The van der Waals surface area contributed by atoms with Gasteiger partial charge < -0.3 is 5.32 Å². The lowest BCUT2D eigenvalue weighted by atomic mass is 10.1. The van der Waals surface area contributed by atoms with Crippen LogP contribution >= 0.6 is 11.3 Å². The van der Waals surface area contributed by atoms with Crippen LogP contribution in [-0.2, 0) is 0 Å². The Balaban J connectivity index is 1.86. The molecule has 3 rings (SSSR count). The molecule has 1 fully saturated rings. The lowest BCUT2D eigenvalue weighted by Crippen LogP contribution is -2.19. The van der Waals surface area contributed by atoms with Gasteiger partial charge in [-0.25, -0.2) is 9.97 Å². The molecule has 0 spiro atoms. The second-order valence-corrected chi connectivity index (χ2v) is 6.10. The fourth-order valence-electron chi connectivity index (χ4n) is 2.66. The second-order valence-electron chi connectivity index (χ2n) is 5.04. The summed E-state index contributed by atoms with van der Waals surface area (Å²) in [6.45, 7) is 0. The van der Waals surface area contributed by atoms with Crippen LogP contribution in [0.25, 0.3) is 10.2 Å². The highest BCUT2D eigenvalue weighted by Gasteiger charge is 2.15. The predicted molar refractivity (Wildman–Crippen MR) is 77.9 cm³/mol. The molecule has 0 aromatic carbocycles. The Morgan fingerprint density at radius 2 is 2.00 bits per heavy atom. The number of rotatable bonds is 3. The van der Waals surface area contributed by atoms with Gasteiger partial charge in [0.05, 0.1) is 10.3 Å². The highest BCUT2D eigenvalue weighted by atomic mass is 32.1. The van der Waals surface area contributed by atoms with Gasteiger partial charge >= 0.3 is 0 Å². The molecular formula is C14H17N3OS. The summed E-state index contributed by atoms with van der Waals surface area (Å²) in [6.07, 6.45) is 10.1. The van der Waals surface area contributed by atoms with Crippen molar-refractivity contribution in [2.24, 2.45) is 0 Å². The average molecular weight is 275 g/mol. The molecule has 1 N–H and O–H groups in total. The summed E-state index contributed by atoms with van der Waals surface area (Å²) in [5, 5.41) is 4.51. The van der Waals surface area contributed by atoms with Crippen LogP contribution in [0.4, 0.5) is 5.82 Å². The SMILES string of the molecule is O=Cc1cc2c(NC3CCCCCC3)ncnc2s1. The zero-order valence-electron chi connectivity index (χ0n) is 10.8. The van der Waals surface area contributed by atoms with E-state index in [9.17, 15) is 4.79 Å². The molecule has 1 aliphatic rings. The van der Waals surface area contributed by atoms with Crippen molar-refractivity contribution in [3.8, 4) is 0 Å². The molecule has 0 unspecified atom stereocenters. The zero-order chi connectivity index (χ0) is 13.1. The number of carbonyl (C=O) groups is 1. The highest BCUT2D eigenvalue weighted by Crippen LogP contribution is 2.29. The largest absolute Gasteiger partial charge is 0.367 e. The summed E-state index contributed by atoms with van der Waals surface area (Å²) in [7, 11) is 0. The van der Waals surface area contributed by atoms with Gasteiger partial charge in [-0.1, -0.05) is 25.7 Å². The van der Waals surface area contributed by atoms with Crippen LogP contribution in [0.2, 0.25) is 0 Å².